The van der Waals surface area contributed by atoms with Crippen molar-refractivity contribution in [2.75, 3.05) is 11.9 Å². The molecular weight excluding hydrogens is 384 g/mol. The van der Waals surface area contributed by atoms with Crippen molar-refractivity contribution in [3.8, 4) is 11.3 Å². The van der Waals surface area contributed by atoms with Crippen molar-refractivity contribution in [2.24, 2.45) is 5.73 Å². The number of hydrogen-bond donors (Lipinski definition) is 4. The number of primary amides is 1. The standard InChI is InChI=1S/C17H20N6O4S/c1-3-17(4-2)14(26)23(16(27)22-17)7-12(24)21-15-20-11(8-28-15)9-5-10(13(18)25)19-6-9/h5-6,8,19H,3-4,7H2,1-2H3,(H2,18,25)(H,22,27)(H,20,21,24). The van der Waals surface area contributed by atoms with Crippen LogP contribution in [0.1, 0.15) is 37.2 Å². The number of thiazole rings is 1. The zero-order valence-electron chi connectivity index (χ0n) is 15.4. The second kappa shape index (κ2) is 7.43. The van der Waals surface area contributed by atoms with Gasteiger partial charge in [0.05, 0.1) is 5.69 Å². The van der Waals surface area contributed by atoms with Crippen molar-refractivity contribution in [3.05, 3.63) is 23.3 Å². The summed E-state index contributed by atoms with van der Waals surface area (Å²) in [6.07, 6.45) is 2.49. The number of nitrogens with zero attached hydrogens (tertiary/aromatic N) is 2. The first-order valence-corrected chi connectivity index (χ1v) is 9.55. The molecule has 10 nitrogen and oxygen atoms in total. The van der Waals surface area contributed by atoms with Crippen molar-refractivity contribution in [3.63, 3.8) is 0 Å². The minimum atomic E-state index is -0.946. The number of carbonyl (C=O) groups is 4. The molecule has 0 spiro atoms. The van der Waals surface area contributed by atoms with Crippen molar-refractivity contribution in [2.45, 2.75) is 32.2 Å². The second-order valence-electron chi connectivity index (χ2n) is 6.36. The van der Waals surface area contributed by atoms with Gasteiger partial charge in [-0.15, -0.1) is 11.3 Å². The van der Waals surface area contributed by atoms with Crippen LogP contribution in [0, 0.1) is 0 Å². The van der Waals surface area contributed by atoms with E-state index in [0.717, 1.165) is 4.90 Å². The normalized spacial score (nSPS) is 15.6. The summed E-state index contributed by atoms with van der Waals surface area (Å²) in [5, 5.41) is 7.28. The smallest absolute Gasteiger partial charge is 0.325 e. The average Bonchev–Trinajstić information content (AvgIpc) is 3.36. The molecule has 2 aromatic rings. The molecule has 0 saturated carbocycles. The lowest BCUT2D eigenvalue weighted by Crippen LogP contribution is -2.46. The summed E-state index contributed by atoms with van der Waals surface area (Å²) in [5.74, 6) is -1.51. The molecule has 5 amide bonds. The number of carbonyl (C=O) groups excluding carboxylic acids is 4. The van der Waals surface area contributed by atoms with Crippen LogP contribution in [-0.4, -0.2) is 50.7 Å². The van der Waals surface area contributed by atoms with Gasteiger partial charge in [0.15, 0.2) is 5.13 Å². The second-order valence-corrected chi connectivity index (χ2v) is 7.22. The number of aromatic nitrogens is 2. The summed E-state index contributed by atoms with van der Waals surface area (Å²) in [5.41, 5.74) is 5.71. The fourth-order valence-corrected chi connectivity index (χ4v) is 3.74. The highest BCUT2D eigenvalue weighted by Gasteiger charge is 2.49. The topological polar surface area (TPSA) is 150 Å². The number of nitrogens with two attached hydrogens (primary N) is 1. The van der Waals surface area contributed by atoms with Crippen LogP contribution in [0.2, 0.25) is 0 Å². The molecule has 2 aromatic heterocycles. The zero-order chi connectivity index (χ0) is 20.5. The molecule has 0 radical (unpaired) electrons. The van der Waals surface area contributed by atoms with Gasteiger partial charge in [0.1, 0.15) is 17.8 Å². The summed E-state index contributed by atoms with van der Waals surface area (Å²) in [6, 6.07) is 0.987. The molecule has 1 saturated heterocycles. The maximum absolute atomic E-state index is 12.5. The number of anilines is 1. The molecule has 11 heteroatoms. The predicted molar refractivity (Wildman–Crippen MR) is 103 cm³/mol. The van der Waals surface area contributed by atoms with E-state index in [2.05, 4.69) is 20.6 Å². The summed E-state index contributed by atoms with van der Waals surface area (Å²) < 4.78 is 0. The van der Waals surface area contributed by atoms with E-state index in [1.165, 1.54) is 11.3 Å². The summed E-state index contributed by atoms with van der Waals surface area (Å²) in [6.45, 7) is 3.23. The van der Waals surface area contributed by atoms with Gasteiger partial charge in [-0.25, -0.2) is 9.78 Å². The largest absolute Gasteiger partial charge is 0.364 e. The van der Waals surface area contributed by atoms with Crippen molar-refractivity contribution < 1.29 is 19.2 Å². The van der Waals surface area contributed by atoms with Crippen molar-refractivity contribution >= 4 is 40.2 Å². The fourth-order valence-electron chi connectivity index (χ4n) is 3.00. The Balaban J connectivity index is 1.66. The van der Waals surface area contributed by atoms with E-state index in [0.29, 0.717) is 29.2 Å². The lowest BCUT2D eigenvalue weighted by molar-refractivity contribution is -0.134. The van der Waals surface area contributed by atoms with Gasteiger partial charge in [-0.2, -0.15) is 0 Å². The highest BCUT2D eigenvalue weighted by Crippen LogP contribution is 2.27. The van der Waals surface area contributed by atoms with Gasteiger partial charge in [-0.1, -0.05) is 13.8 Å². The maximum Gasteiger partial charge on any atom is 0.325 e. The Hall–Kier alpha value is -3.21. The predicted octanol–water partition coefficient (Wildman–Crippen LogP) is 1.29. The SMILES string of the molecule is CCC1(CC)NC(=O)N(CC(=O)Nc2nc(-c3c[nH]c(C(N)=O)c3)cs2)C1=O. The van der Waals surface area contributed by atoms with Crippen LogP contribution in [0.25, 0.3) is 11.3 Å². The number of nitrogens with one attached hydrogen (secondary N) is 3. The Labute approximate surface area is 164 Å². The van der Waals surface area contributed by atoms with Gasteiger partial charge in [-0.3, -0.25) is 19.3 Å². The quantitative estimate of drug-likeness (QED) is 0.513. The number of urea groups is 1. The molecule has 148 valence electrons. The third kappa shape index (κ3) is 3.48. The molecule has 1 fully saturated rings. The van der Waals surface area contributed by atoms with Crippen LogP contribution < -0.4 is 16.4 Å². The number of H-pyrrole nitrogens is 1. The number of imide groups is 1. The molecule has 3 rings (SSSR count). The first-order valence-electron chi connectivity index (χ1n) is 8.67. The van der Waals surface area contributed by atoms with E-state index in [1.54, 1.807) is 17.6 Å². The highest BCUT2D eigenvalue weighted by atomic mass is 32.1. The number of hydrogen-bond acceptors (Lipinski definition) is 6. The first kappa shape index (κ1) is 19.5. The van der Waals surface area contributed by atoms with E-state index < -0.39 is 35.8 Å². The van der Waals surface area contributed by atoms with Crippen LogP contribution in [0.5, 0.6) is 0 Å². The molecule has 3 heterocycles. The van der Waals surface area contributed by atoms with Crippen LogP contribution in [0.3, 0.4) is 0 Å². The van der Waals surface area contributed by atoms with Crippen LogP contribution in [-0.2, 0) is 9.59 Å². The van der Waals surface area contributed by atoms with Gasteiger partial charge in [-0.05, 0) is 18.9 Å². The Morgan fingerprint density at radius 2 is 2.04 bits per heavy atom. The molecule has 1 aliphatic heterocycles. The number of amides is 5. The molecule has 0 unspecified atom stereocenters. The van der Waals surface area contributed by atoms with Crippen molar-refractivity contribution in [1.82, 2.24) is 20.2 Å². The van der Waals surface area contributed by atoms with E-state index in [-0.39, 0.29) is 5.69 Å². The van der Waals surface area contributed by atoms with Gasteiger partial charge in [0.2, 0.25) is 5.91 Å². The van der Waals surface area contributed by atoms with Crippen molar-refractivity contribution in [1.29, 1.82) is 0 Å². The minimum absolute atomic E-state index is 0.252. The lowest BCUT2D eigenvalue weighted by Gasteiger charge is -2.22. The first-order chi connectivity index (χ1) is 13.3. The van der Waals surface area contributed by atoms with Gasteiger partial charge < -0.3 is 21.4 Å². The number of rotatable bonds is 7. The molecule has 0 atom stereocenters. The Kier molecular flexibility index (Phi) is 5.18. The summed E-state index contributed by atoms with van der Waals surface area (Å²) in [4.78, 5) is 56.1. The Bertz CT molecular complexity index is 945. The highest BCUT2D eigenvalue weighted by molar-refractivity contribution is 7.14. The van der Waals surface area contributed by atoms with E-state index in [4.69, 9.17) is 5.73 Å². The average molecular weight is 404 g/mol. The van der Waals surface area contributed by atoms with Gasteiger partial charge in [0, 0.05) is 17.1 Å². The third-order valence-corrected chi connectivity index (χ3v) is 5.51. The molecule has 0 aliphatic carbocycles. The fraction of sp³-hybridized carbons (Fsp3) is 0.353. The Morgan fingerprint density at radius 1 is 1.32 bits per heavy atom. The Morgan fingerprint density at radius 3 is 2.61 bits per heavy atom. The third-order valence-electron chi connectivity index (χ3n) is 4.75. The minimum Gasteiger partial charge on any atom is -0.364 e. The van der Waals surface area contributed by atoms with E-state index >= 15 is 0 Å². The van der Waals surface area contributed by atoms with Crippen LogP contribution in [0.15, 0.2) is 17.6 Å². The monoisotopic (exact) mass is 404 g/mol. The maximum atomic E-state index is 12.5. The molecule has 5 N–H and O–H groups in total. The zero-order valence-corrected chi connectivity index (χ0v) is 16.2. The molecule has 1 aliphatic rings. The lowest BCUT2D eigenvalue weighted by atomic mass is 9.93. The molecular formula is C17H20N6O4S. The van der Waals surface area contributed by atoms with Gasteiger partial charge >= 0.3 is 6.03 Å². The van der Waals surface area contributed by atoms with Crippen LogP contribution >= 0.6 is 11.3 Å². The van der Waals surface area contributed by atoms with E-state index in [1.807, 2.05) is 13.8 Å². The molecule has 0 aromatic carbocycles. The summed E-state index contributed by atoms with van der Waals surface area (Å²) in [7, 11) is 0. The summed E-state index contributed by atoms with van der Waals surface area (Å²) >= 11 is 1.18. The van der Waals surface area contributed by atoms with Crippen LogP contribution in [0.4, 0.5) is 9.93 Å². The molecule has 28 heavy (non-hydrogen) atoms. The van der Waals surface area contributed by atoms with E-state index in [9.17, 15) is 19.2 Å². The molecule has 0 bridgehead atoms. The van der Waals surface area contributed by atoms with Gasteiger partial charge in [0.25, 0.3) is 11.8 Å². The number of aromatic amines is 1.